The zero-order valence-electron chi connectivity index (χ0n) is 28.8. The number of esters is 1. The number of halogens is 2. The van der Waals surface area contributed by atoms with E-state index >= 15 is 0 Å². The van der Waals surface area contributed by atoms with Crippen molar-refractivity contribution in [1.29, 1.82) is 0 Å². The smallest absolute Gasteiger partial charge is 0.324 e. The van der Waals surface area contributed by atoms with Crippen molar-refractivity contribution in [2.45, 2.75) is 69.7 Å². The molecule has 0 bridgehead atoms. The number of fused-ring (bicyclic) bond motifs is 1. The minimum absolute atomic E-state index is 0.0270. The number of piperazine rings is 1. The summed E-state index contributed by atoms with van der Waals surface area (Å²) in [5.74, 6) is -0.269. The summed E-state index contributed by atoms with van der Waals surface area (Å²) >= 11 is 7.10. The summed E-state index contributed by atoms with van der Waals surface area (Å²) in [7, 11) is 1.97. The van der Waals surface area contributed by atoms with Crippen LogP contribution in [0.1, 0.15) is 43.7 Å². The largest absolute Gasteiger partial charge is 0.465 e. The molecule has 0 saturated carbocycles. The van der Waals surface area contributed by atoms with E-state index in [-0.39, 0.29) is 42.1 Å². The summed E-state index contributed by atoms with van der Waals surface area (Å²) in [6.07, 6.45) is 3.30. The Bertz CT molecular complexity index is 1560. The number of benzene rings is 2. The molecular formula is C36H47Br2N7O5. The fourth-order valence-electron chi connectivity index (χ4n) is 7.63. The molecule has 4 aliphatic rings. The van der Waals surface area contributed by atoms with Gasteiger partial charge in [-0.2, -0.15) is 0 Å². The minimum Gasteiger partial charge on any atom is -0.465 e. The third-order valence-corrected chi connectivity index (χ3v) is 12.5. The average molecular weight is 818 g/mol. The lowest BCUT2D eigenvalue weighted by atomic mass is 9.98. The van der Waals surface area contributed by atoms with Crippen LogP contribution >= 0.6 is 31.9 Å². The number of nitrogens with one attached hydrogen (secondary N) is 2. The van der Waals surface area contributed by atoms with Crippen LogP contribution < -0.4 is 10.6 Å². The van der Waals surface area contributed by atoms with Crippen LogP contribution in [0.15, 0.2) is 51.4 Å². The van der Waals surface area contributed by atoms with Gasteiger partial charge in [-0.1, -0.05) is 24.3 Å². The highest BCUT2D eigenvalue weighted by Gasteiger charge is 2.38. The number of urea groups is 2. The van der Waals surface area contributed by atoms with Crippen molar-refractivity contribution in [1.82, 2.24) is 29.8 Å². The van der Waals surface area contributed by atoms with E-state index in [4.69, 9.17) is 4.74 Å². The fraction of sp³-hybridized carbons (Fsp3) is 0.556. The zero-order valence-corrected chi connectivity index (χ0v) is 32.0. The molecule has 50 heavy (non-hydrogen) atoms. The number of nitrogens with zero attached hydrogens (tertiary/aromatic N) is 5. The maximum atomic E-state index is 14.1. The highest BCUT2D eigenvalue weighted by atomic mass is 79.9. The maximum Gasteiger partial charge on any atom is 0.324 e. The monoisotopic (exact) mass is 815 g/mol. The van der Waals surface area contributed by atoms with Crippen LogP contribution in [0.5, 0.6) is 0 Å². The normalized spacial score (nSPS) is 21.7. The molecule has 1 unspecified atom stereocenters. The number of carbonyl (C=O) groups excluding carboxylic acids is 4. The van der Waals surface area contributed by atoms with E-state index < -0.39 is 6.04 Å². The summed E-state index contributed by atoms with van der Waals surface area (Å²) in [6, 6.07) is 12.6. The first-order valence-corrected chi connectivity index (χ1v) is 19.2. The lowest BCUT2D eigenvalue weighted by Crippen LogP contribution is -2.60. The highest BCUT2D eigenvalue weighted by Crippen LogP contribution is 2.29. The molecule has 4 heterocycles. The first kappa shape index (κ1) is 36.6. The number of carbonyl (C=O) groups is 4. The molecule has 0 radical (unpaired) electrons. The van der Waals surface area contributed by atoms with Gasteiger partial charge in [0.2, 0.25) is 5.91 Å². The Hall–Kier alpha value is -3.20. The average Bonchev–Trinajstić information content (AvgIpc) is 3.12. The standard InChI is InChI=1S/C36H47Br2N7O5/c1-3-50-34(47)32-23-44(19-18-41(32)2)26-10-14-42(15-11-26)33(46)31(21-24-8-9-28(37)29(38)20-24)40-35(48)43-16-12-27(13-17-43)45-22-25-6-4-5-7-30(25)39-36(45)49/h4-9,20,26-27,31-32H,3,10-19,21-23H2,1-2H3,(H,39,49)(H,40,48)/t31-,32?/m0/s1. The zero-order chi connectivity index (χ0) is 35.4. The maximum absolute atomic E-state index is 14.1. The third kappa shape index (κ3) is 8.46. The van der Waals surface area contributed by atoms with Crippen molar-refractivity contribution in [3.8, 4) is 0 Å². The number of likely N-dealkylation sites (N-methyl/N-ethyl adjacent to an activating group) is 1. The molecule has 14 heteroatoms. The first-order valence-electron chi connectivity index (χ1n) is 17.7. The van der Waals surface area contributed by atoms with E-state index in [1.54, 1.807) is 4.90 Å². The van der Waals surface area contributed by atoms with E-state index in [2.05, 4.69) is 52.3 Å². The van der Waals surface area contributed by atoms with Crippen LogP contribution in [0.25, 0.3) is 0 Å². The molecular weight excluding hydrogens is 770 g/mol. The number of rotatable bonds is 8. The molecule has 3 fully saturated rings. The molecule has 2 aromatic carbocycles. The van der Waals surface area contributed by atoms with E-state index in [1.807, 2.05) is 66.2 Å². The Morgan fingerprint density at radius 1 is 0.920 bits per heavy atom. The van der Waals surface area contributed by atoms with Gasteiger partial charge in [-0.3, -0.25) is 19.4 Å². The molecule has 270 valence electrons. The second-order valence-corrected chi connectivity index (χ2v) is 15.4. The van der Waals surface area contributed by atoms with Crippen LogP contribution in [0, 0.1) is 0 Å². The second-order valence-electron chi connectivity index (χ2n) is 13.7. The van der Waals surface area contributed by atoms with Crippen LogP contribution in [-0.4, -0.2) is 132 Å². The quantitative estimate of drug-likeness (QED) is 0.377. The van der Waals surface area contributed by atoms with Gasteiger partial charge in [0, 0.05) is 85.5 Å². The number of ether oxygens (including phenoxy) is 1. The second kappa shape index (κ2) is 16.4. The Labute approximate surface area is 311 Å². The lowest BCUT2D eigenvalue weighted by molar-refractivity contribution is -0.152. The molecule has 6 rings (SSSR count). The van der Waals surface area contributed by atoms with Gasteiger partial charge in [0.15, 0.2) is 0 Å². The van der Waals surface area contributed by atoms with Crippen molar-refractivity contribution >= 4 is 61.5 Å². The predicted octanol–water partition coefficient (Wildman–Crippen LogP) is 4.51. The summed E-state index contributed by atoms with van der Waals surface area (Å²) < 4.78 is 7.12. The van der Waals surface area contributed by atoms with Crippen molar-refractivity contribution in [3.63, 3.8) is 0 Å². The first-order chi connectivity index (χ1) is 24.1. The predicted molar refractivity (Wildman–Crippen MR) is 198 cm³/mol. The van der Waals surface area contributed by atoms with Gasteiger partial charge in [0.25, 0.3) is 0 Å². The van der Waals surface area contributed by atoms with Gasteiger partial charge < -0.3 is 30.1 Å². The van der Waals surface area contributed by atoms with Crippen LogP contribution in [0.2, 0.25) is 0 Å². The van der Waals surface area contributed by atoms with E-state index in [1.165, 1.54) is 0 Å². The Balaban J connectivity index is 1.07. The number of piperidine rings is 2. The highest BCUT2D eigenvalue weighted by molar-refractivity contribution is 9.13. The van der Waals surface area contributed by atoms with Gasteiger partial charge in [0.05, 0.1) is 6.61 Å². The van der Waals surface area contributed by atoms with Crippen molar-refractivity contribution in [2.75, 3.05) is 64.8 Å². The Morgan fingerprint density at radius 3 is 2.34 bits per heavy atom. The number of hydrogen-bond donors (Lipinski definition) is 2. The Kier molecular flexibility index (Phi) is 12.0. The SMILES string of the molecule is CCOC(=O)C1CN(C2CCN(C(=O)[C@H](Cc3ccc(Br)c(Br)c3)NC(=O)N3CCC(N4Cc5ccccc5NC4=O)CC3)CC2)CCN1C. The van der Waals surface area contributed by atoms with Crippen molar-refractivity contribution in [3.05, 3.63) is 62.5 Å². The molecule has 4 aliphatic heterocycles. The molecule has 3 saturated heterocycles. The molecule has 5 amide bonds. The molecule has 12 nitrogen and oxygen atoms in total. The van der Waals surface area contributed by atoms with Gasteiger partial charge in [-0.25, -0.2) is 9.59 Å². The van der Waals surface area contributed by atoms with Crippen molar-refractivity contribution < 1.29 is 23.9 Å². The lowest BCUT2D eigenvalue weighted by Gasteiger charge is -2.45. The fourth-order valence-corrected chi connectivity index (χ4v) is 8.30. The molecule has 2 atom stereocenters. The van der Waals surface area contributed by atoms with Gasteiger partial charge in [0.1, 0.15) is 12.1 Å². The van der Waals surface area contributed by atoms with Crippen LogP contribution in [-0.2, 0) is 27.3 Å². The molecule has 2 N–H and O–H groups in total. The van der Waals surface area contributed by atoms with Crippen molar-refractivity contribution in [2.24, 2.45) is 0 Å². The molecule has 0 spiro atoms. The molecule has 0 aromatic heterocycles. The topological polar surface area (TPSA) is 118 Å². The molecule has 2 aromatic rings. The molecule has 0 aliphatic carbocycles. The van der Waals surface area contributed by atoms with E-state index in [9.17, 15) is 19.2 Å². The van der Waals surface area contributed by atoms with Crippen LogP contribution in [0.4, 0.5) is 15.3 Å². The van der Waals surface area contributed by atoms with Gasteiger partial charge >= 0.3 is 18.0 Å². The summed E-state index contributed by atoms with van der Waals surface area (Å²) in [6.45, 7) is 7.19. The summed E-state index contributed by atoms with van der Waals surface area (Å²) in [5, 5.41) is 6.10. The van der Waals surface area contributed by atoms with E-state index in [0.29, 0.717) is 65.1 Å². The number of likely N-dealkylation sites (tertiary alicyclic amines) is 2. The summed E-state index contributed by atoms with van der Waals surface area (Å²) in [4.78, 5) is 63.3. The Morgan fingerprint density at radius 2 is 1.62 bits per heavy atom. The summed E-state index contributed by atoms with van der Waals surface area (Å²) in [5.41, 5.74) is 2.87. The number of hydrogen-bond acceptors (Lipinski definition) is 7. The van der Waals surface area contributed by atoms with Gasteiger partial charge in [-0.15, -0.1) is 0 Å². The van der Waals surface area contributed by atoms with E-state index in [0.717, 1.165) is 51.7 Å². The number of amides is 5. The van der Waals surface area contributed by atoms with Crippen LogP contribution in [0.3, 0.4) is 0 Å². The number of anilines is 1. The third-order valence-electron chi connectivity index (χ3n) is 10.6. The number of para-hydroxylation sites is 1. The minimum atomic E-state index is -0.731. The van der Waals surface area contributed by atoms with Gasteiger partial charge in [-0.05, 0) is 101 Å².